The number of nitrogens with one attached hydrogen (secondary N) is 6. The third-order valence-corrected chi connectivity index (χ3v) is 9.65. The number of nitrogens with zero attached hydrogens (tertiary/aromatic N) is 2. The van der Waals surface area contributed by atoms with E-state index in [1.807, 2.05) is 0 Å². The van der Waals surface area contributed by atoms with E-state index in [-0.39, 0.29) is 57.2 Å². The summed E-state index contributed by atoms with van der Waals surface area (Å²) in [7, 11) is 0. The molecule has 2 heterocycles. The number of carboxylic acids is 1. The molecular weight excluding hydrogens is 806 g/mol. The van der Waals surface area contributed by atoms with E-state index in [1.54, 1.807) is 0 Å². The molecule has 16 N–H and O–H groups in total. The normalized spacial score (nSPS) is 17.0. The molecule has 8 atom stereocenters. The number of carboxylic acid groups (broad SMARTS) is 1. The van der Waals surface area contributed by atoms with Crippen molar-refractivity contribution in [3.8, 4) is 5.75 Å². The number of carbonyl (C=O) groups excluding carboxylic acids is 8. The van der Waals surface area contributed by atoms with Crippen molar-refractivity contribution in [1.82, 2.24) is 41.5 Å². The van der Waals surface area contributed by atoms with Crippen LogP contribution < -0.4 is 43.8 Å². The molecule has 24 heteroatoms. The SMILES string of the molecule is C[C@@H](O)[C@H](NC(=O)[C@H](CO)NC(=O)[C@H](Cc1ccc(O)cc1)NC(=O)[C@H](Cc1cnc[nH]1)NC(=O)[C@H](CCC(N)=O)NC(=O)[C@@H](N)CCC(N)=O)C(=O)N1CCC[C@H]1C(=O)O. The summed E-state index contributed by atoms with van der Waals surface area (Å²) in [5.74, 6) is -8.86. The molecule has 0 spiro atoms. The summed E-state index contributed by atoms with van der Waals surface area (Å²) in [5, 5.41) is 51.9. The Labute approximate surface area is 348 Å². The summed E-state index contributed by atoms with van der Waals surface area (Å²) < 4.78 is 0. The molecule has 2 aromatic rings. The zero-order chi connectivity index (χ0) is 45.4. The van der Waals surface area contributed by atoms with Crippen molar-refractivity contribution in [3.63, 3.8) is 0 Å². The van der Waals surface area contributed by atoms with Gasteiger partial charge in [-0.25, -0.2) is 9.78 Å². The average Bonchev–Trinajstić information content (AvgIpc) is 3.92. The van der Waals surface area contributed by atoms with E-state index in [4.69, 9.17) is 17.2 Å². The van der Waals surface area contributed by atoms with Crippen molar-refractivity contribution in [1.29, 1.82) is 0 Å². The number of aliphatic hydroxyl groups is 2. The molecule has 1 aliphatic rings. The van der Waals surface area contributed by atoms with E-state index < -0.39 is 108 Å². The molecule has 0 radical (unpaired) electrons. The summed E-state index contributed by atoms with van der Waals surface area (Å²) in [4.78, 5) is 123. The number of amides is 8. The van der Waals surface area contributed by atoms with Gasteiger partial charge in [-0.3, -0.25) is 38.4 Å². The summed E-state index contributed by atoms with van der Waals surface area (Å²) >= 11 is 0. The third kappa shape index (κ3) is 15.1. The van der Waals surface area contributed by atoms with Gasteiger partial charge < -0.3 is 74.1 Å². The second-order valence-corrected chi connectivity index (χ2v) is 14.5. The highest BCUT2D eigenvalue weighted by molar-refractivity contribution is 5.97. The highest BCUT2D eigenvalue weighted by Crippen LogP contribution is 2.19. The van der Waals surface area contributed by atoms with Crippen LogP contribution in [0.3, 0.4) is 0 Å². The third-order valence-electron chi connectivity index (χ3n) is 9.65. The van der Waals surface area contributed by atoms with Gasteiger partial charge in [0.1, 0.15) is 42.0 Å². The van der Waals surface area contributed by atoms with Crippen LogP contribution in [-0.4, -0.2) is 150 Å². The Hall–Kier alpha value is -6.66. The lowest BCUT2D eigenvalue weighted by molar-refractivity contribution is -0.150. The Balaban J connectivity index is 1.88. The number of imidazole rings is 1. The molecule has 1 fully saturated rings. The predicted molar refractivity (Wildman–Crippen MR) is 210 cm³/mol. The number of aromatic amines is 1. The van der Waals surface area contributed by atoms with Gasteiger partial charge in [0, 0.05) is 44.1 Å². The highest BCUT2D eigenvalue weighted by atomic mass is 16.4. The van der Waals surface area contributed by atoms with Gasteiger partial charge in [-0.05, 0) is 50.3 Å². The number of phenols is 1. The fraction of sp³-hybridized carbons (Fsp3) is 0.514. The molecule has 1 aliphatic heterocycles. The summed E-state index contributed by atoms with van der Waals surface area (Å²) in [6.45, 7) is 0.186. The van der Waals surface area contributed by atoms with Crippen molar-refractivity contribution in [3.05, 3.63) is 48.0 Å². The number of aromatic nitrogens is 2. The quantitative estimate of drug-likeness (QED) is 0.0469. The molecule has 1 aromatic heterocycles. The number of likely N-dealkylation sites (tertiary alicyclic amines) is 1. The van der Waals surface area contributed by atoms with Crippen molar-refractivity contribution in [2.45, 2.75) is 107 Å². The molecule has 0 unspecified atom stereocenters. The topological polar surface area (TPSA) is 405 Å². The zero-order valence-corrected chi connectivity index (χ0v) is 33.2. The maximum Gasteiger partial charge on any atom is 0.326 e. The van der Waals surface area contributed by atoms with Crippen LogP contribution in [0.5, 0.6) is 5.75 Å². The fourth-order valence-electron chi connectivity index (χ4n) is 6.28. The van der Waals surface area contributed by atoms with E-state index in [0.717, 1.165) is 4.90 Å². The molecule has 0 bridgehead atoms. The number of aromatic hydroxyl groups is 1. The Morgan fingerprint density at radius 3 is 1.89 bits per heavy atom. The number of carbonyl (C=O) groups is 9. The van der Waals surface area contributed by atoms with E-state index in [9.17, 15) is 63.6 Å². The second kappa shape index (κ2) is 23.2. The molecule has 334 valence electrons. The predicted octanol–water partition coefficient (Wildman–Crippen LogP) is -5.37. The Morgan fingerprint density at radius 1 is 0.803 bits per heavy atom. The first kappa shape index (κ1) is 48.7. The number of primary amides is 2. The molecule has 8 amide bonds. The molecule has 1 aromatic carbocycles. The Bertz CT molecular complexity index is 1880. The van der Waals surface area contributed by atoms with Gasteiger partial charge in [-0.15, -0.1) is 0 Å². The maximum absolute atomic E-state index is 14.1. The van der Waals surface area contributed by atoms with Crippen LogP contribution in [0.4, 0.5) is 0 Å². The van der Waals surface area contributed by atoms with Crippen molar-refractivity contribution in [2.75, 3.05) is 13.2 Å². The lowest BCUT2D eigenvalue weighted by Gasteiger charge is -2.30. The number of rotatable bonds is 24. The number of aliphatic carboxylic acids is 1. The van der Waals surface area contributed by atoms with Crippen molar-refractivity contribution >= 4 is 53.2 Å². The summed E-state index contributed by atoms with van der Waals surface area (Å²) in [6, 6.07) is -5.00. The van der Waals surface area contributed by atoms with Crippen LogP contribution in [0.15, 0.2) is 36.8 Å². The number of phenolic OH excluding ortho intramolecular Hbond substituents is 1. The molecule has 0 saturated carbocycles. The number of nitrogens with two attached hydrogens (primary N) is 3. The molecular formula is C37H53N11O13. The smallest absolute Gasteiger partial charge is 0.326 e. The second-order valence-electron chi connectivity index (χ2n) is 14.5. The number of H-pyrrole nitrogens is 1. The lowest BCUT2D eigenvalue weighted by Crippen LogP contribution is -2.62. The minimum atomic E-state index is -1.78. The number of aliphatic hydroxyl groups excluding tert-OH is 2. The van der Waals surface area contributed by atoms with Gasteiger partial charge >= 0.3 is 5.97 Å². The zero-order valence-electron chi connectivity index (χ0n) is 33.2. The van der Waals surface area contributed by atoms with Gasteiger partial charge in [0.15, 0.2) is 0 Å². The molecule has 61 heavy (non-hydrogen) atoms. The maximum atomic E-state index is 14.1. The van der Waals surface area contributed by atoms with E-state index in [0.29, 0.717) is 17.7 Å². The number of hydrogen-bond acceptors (Lipinski definition) is 14. The van der Waals surface area contributed by atoms with Gasteiger partial charge in [-0.1, -0.05) is 12.1 Å². The van der Waals surface area contributed by atoms with Crippen molar-refractivity contribution < 1.29 is 63.6 Å². The molecule has 0 aliphatic carbocycles. The highest BCUT2D eigenvalue weighted by Gasteiger charge is 2.40. The van der Waals surface area contributed by atoms with Crippen LogP contribution in [0, 0.1) is 0 Å². The molecule has 24 nitrogen and oxygen atoms in total. The minimum absolute atomic E-state index is 0.0464. The Kier molecular flexibility index (Phi) is 18.5. The first-order valence-electron chi connectivity index (χ1n) is 19.2. The number of hydrogen-bond donors (Lipinski definition) is 13. The minimum Gasteiger partial charge on any atom is -0.508 e. The van der Waals surface area contributed by atoms with Gasteiger partial charge in [0.2, 0.25) is 47.3 Å². The van der Waals surface area contributed by atoms with E-state index in [1.165, 1.54) is 43.7 Å². The van der Waals surface area contributed by atoms with Gasteiger partial charge in [-0.2, -0.15) is 0 Å². The number of benzene rings is 1. The van der Waals surface area contributed by atoms with Crippen LogP contribution in [0.2, 0.25) is 0 Å². The lowest BCUT2D eigenvalue weighted by atomic mass is 10.0. The summed E-state index contributed by atoms with van der Waals surface area (Å²) in [6.07, 6.45) is -0.0510. The van der Waals surface area contributed by atoms with Crippen LogP contribution >= 0.6 is 0 Å². The molecule has 3 rings (SSSR count). The fourth-order valence-corrected chi connectivity index (χ4v) is 6.28. The van der Waals surface area contributed by atoms with E-state index >= 15 is 0 Å². The standard InChI is InChI=1S/C37H53N11O13/c1-18(50)30(36(59)48-12-2-3-27(48)37(60)61)47-35(58)26(16-49)46-33(56)24(13-19-4-6-21(51)7-5-19)44-34(57)25(14-20-15-41-17-42-20)45-32(55)23(9-11-29(40)53)43-31(54)22(38)8-10-28(39)52/h4-7,15,17-18,22-27,30,49-51H,2-3,8-14,16,38H2,1H3,(H2,39,52)(H2,40,53)(H,41,42)(H,43,54)(H,44,57)(H,45,55)(H,46,56)(H,47,58)(H,60,61)/t18-,22+,23+,24+,25+,26+,27+,30+/m1/s1. The summed E-state index contributed by atoms with van der Waals surface area (Å²) in [5.41, 5.74) is 17.0. The van der Waals surface area contributed by atoms with Gasteiger partial charge in [0.25, 0.3) is 0 Å². The first-order chi connectivity index (χ1) is 28.8. The first-order valence-corrected chi connectivity index (χ1v) is 19.2. The van der Waals surface area contributed by atoms with Crippen molar-refractivity contribution in [2.24, 2.45) is 17.2 Å². The van der Waals surface area contributed by atoms with Crippen LogP contribution in [0.1, 0.15) is 56.7 Å². The molecule has 1 saturated heterocycles. The van der Waals surface area contributed by atoms with Crippen LogP contribution in [-0.2, 0) is 56.0 Å². The Morgan fingerprint density at radius 2 is 1.34 bits per heavy atom. The van der Waals surface area contributed by atoms with Gasteiger partial charge in [0.05, 0.1) is 25.1 Å². The van der Waals surface area contributed by atoms with Crippen LogP contribution in [0.25, 0.3) is 0 Å². The largest absolute Gasteiger partial charge is 0.508 e. The van der Waals surface area contributed by atoms with E-state index in [2.05, 4.69) is 36.6 Å². The average molecular weight is 860 g/mol. The monoisotopic (exact) mass is 859 g/mol.